The summed E-state index contributed by atoms with van der Waals surface area (Å²) < 4.78 is 0. The SMILES string of the molecule is NC1CCC(C(=O)O)CC1N. The van der Waals surface area contributed by atoms with E-state index in [1.807, 2.05) is 0 Å². The van der Waals surface area contributed by atoms with Crippen LogP contribution in [0.1, 0.15) is 19.3 Å². The van der Waals surface area contributed by atoms with E-state index in [9.17, 15) is 4.79 Å². The summed E-state index contributed by atoms with van der Waals surface area (Å²) in [6.07, 6.45) is 1.93. The molecular weight excluding hydrogens is 144 g/mol. The van der Waals surface area contributed by atoms with Crippen LogP contribution in [0.2, 0.25) is 0 Å². The topological polar surface area (TPSA) is 89.3 Å². The molecular formula is C7H14N2O2. The molecule has 0 amide bonds. The third-order valence-corrected chi connectivity index (χ3v) is 2.30. The van der Waals surface area contributed by atoms with Crippen LogP contribution in [-0.4, -0.2) is 23.2 Å². The van der Waals surface area contributed by atoms with Crippen molar-refractivity contribution < 1.29 is 9.90 Å². The molecule has 0 heterocycles. The Bertz CT molecular complexity index is 161. The molecule has 1 fully saturated rings. The first-order valence-electron chi connectivity index (χ1n) is 3.85. The average Bonchev–Trinajstić information content (AvgIpc) is 1.94. The molecule has 5 N–H and O–H groups in total. The van der Waals surface area contributed by atoms with E-state index in [1.54, 1.807) is 0 Å². The second kappa shape index (κ2) is 3.19. The molecule has 64 valence electrons. The molecule has 1 rings (SSSR count). The molecule has 1 saturated carbocycles. The third kappa shape index (κ3) is 1.91. The van der Waals surface area contributed by atoms with E-state index in [4.69, 9.17) is 16.6 Å². The van der Waals surface area contributed by atoms with Gasteiger partial charge >= 0.3 is 5.97 Å². The van der Waals surface area contributed by atoms with Gasteiger partial charge in [0.25, 0.3) is 0 Å². The van der Waals surface area contributed by atoms with Gasteiger partial charge in [-0.15, -0.1) is 0 Å². The number of hydrogen-bond acceptors (Lipinski definition) is 3. The Hall–Kier alpha value is -0.610. The molecule has 0 bridgehead atoms. The van der Waals surface area contributed by atoms with Gasteiger partial charge in [-0.3, -0.25) is 4.79 Å². The lowest BCUT2D eigenvalue weighted by Crippen LogP contribution is -2.47. The number of hydrogen-bond donors (Lipinski definition) is 3. The van der Waals surface area contributed by atoms with Crippen LogP contribution in [-0.2, 0) is 4.79 Å². The fourth-order valence-corrected chi connectivity index (χ4v) is 1.45. The van der Waals surface area contributed by atoms with E-state index in [0.29, 0.717) is 12.8 Å². The van der Waals surface area contributed by atoms with Gasteiger partial charge in [0.05, 0.1) is 5.92 Å². The van der Waals surface area contributed by atoms with Crippen LogP contribution in [0, 0.1) is 5.92 Å². The van der Waals surface area contributed by atoms with Crippen LogP contribution >= 0.6 is 0 Å². The Morgan fingerprint density at radius 2 is 1.91 bits per heavy atom. The number of rotatable bonds is 1. The van der Waals surface area contributed by atoms with Gasteiger partial charge < -0.3 is 16.6 Å². The first-order valence-corrected chi connectivity index (χ1v) is 3.85. The van der Waals surface area contributed by atoms with E-state index in [0.717, 1.165) is 6.42 Å². The summed E-state index contributed by atoms with van der Waals surface area (Å²) in [7, 11) is 0. The third-order valence-electron chi connectivity index (χ3n) is 2.30. The number of carboxylic acids is 1. The molecule has 0 spiro atoms. The molecule has 11 heavy (non-hydrogen) atoms. The lowest BCUT2D eigenvalue weighted by molar-refractivity contribution is -0.143. The Kier molecular flexibility index (Phi) is 2.46. The zero-order valence-corrected chi connectivity index (χ0v) is 6.36. The van der Waals surface area contributed by atoms with Crippen molar-refractivity contribution in [3.05, 3.63) is 0 Å². The van der Waals surface area contributed by atoms with Crippen molar-refractivity contribution in [2.45, 2.75) is 31.3 Å². The zero-order chi connectivity index (χ0) is 8.43. The van der Waals surface area contributed by atoms with Crippen molar-refractivity contribution in [1.82, 2.24) is 0 Å². The molecule has 4 heteroatoms. The van der Waals surface area contributed by atoms with Crippen molar-refractivity contribution in [1.29, 1.82) is 0 Å². The summed E-state index contributed by atoms with van der Waals surface area (Å²) in [5, 5.41) is 8.65. The maximum Gasteiger partial charge on any atom is 0.306 e. The van der Waals surface area contributed by atoms with E-state index >= 15 is 0 Å². The Morgan fingerprint density at radius 1 is 1.27 bits per heavy atom. The van der Waals surface area contributed by atoms with Gasteiger partial charge in [-0.2, -0.15) is 0 Å². The molecule has 0 aromatic heterocycles. The number of nitrogens with two attached hydrogens (primary N) is 2. The van der Waals surface area contributed by atoms with Gasteiger partial charge in [0.2, 0.25) is 0 Å². The molecule has 3 unspecified atom stereocenters. The minimum atomic E-state index is -0.743. The van der Waals surface area contributed by atoms with Crippen LogP contribution in [0.4, 0.5) is 0 Å². The van der Waals surface area contributed by atoms with Gasteiger partial charge in [-0.1, -0.05) is 0 Å². The highest BCUT2D eigenvalue weighted by Gasteiger charge is 2.29. The van der Waals surface area contributed by atoms with Crippen LogP contribution in [0.5, 0.6) is 0 Å². The van der Waals surface area contributed by atoms with Crippen LogP contribution in [0.3, 0.4) is 0 Å². The number of carboxylic acid groups (broad SMARTS) is 1. The summed E-state index contributed by atoms with van der Waals surface area (Å²) >= 11 is 0. The maximum atomic E-state index is 10.5. The molecule has 1 aliphatic carbocycles. The average molecular weight is 158 g/mol. The standard InChI is InChI=1S/C7H14N2O2/c8-5-2-1-4(7(10)11)3-6(5)9/h4-6H,1-3,8-9H2,(H,10,11). The number of aliphatic carboxylic acids is 1. The lowest BCUT2D eigenvalue weighted by Gasteiger charge is -2.29. The van der Waals surface area contributed by atoms with Crippen LogP contribution in [0.15, 0.2) is 0 Å². The van der Waals surface area contributed by atoms with Gasteiger partial charge in [0, 0.05) is 12.1 Å². The fourth-order valence-electron chi connectivity index (χ4n) is 1.45. The Balaban J connectivity index is 2.46. The van der Waals surface area contributed by atoms with Crippen molar-refractivity contribution >= 4 is 5.97 Å². The first-order chi connectivity index (χ1) is 5.11. The fraction of sp³-hybridized carbons (Fsp3) is 0.857. The van der Waals surface area contributed by atoms with Gasteiger partial charge in [-0.25, -0.2) is 0 Å². The van der Waals surface area contributed by atoms with Gasteiger partial charge in [0.1, 0.15) is 0 Å². The maximum absolute atomic E-state index is 10.5. The highest BCUT2D eigenvalue weighted by Crippen LogP contribution is 2.22. The summed E-state index contributed by atoms with van der Waals surface area (Å²) in [4.78, 5) is 10.5. The van der Waals surface area contributed by atoms with Crippen molar-refractivity contribution in [2.75, 3.05) is 0 Å². The normalized spacial score (nSPS) is 38.5. The summed E-state index contributed by atoms with van der Waals surface area (Å²) in [6, 6.07) is -0.143. The minimum Gasteiger partial charge on any atom is -0.481 e. The molecule has 0 saturated heterocycles. The molecule has 0 aliphatic heterocycles. The van der Waals surface area contributed by atoms with E-state index in [-0.39, 0.29) is 18.0 Å². The van der Waals surface area contributed by atoms with Crippen LogP contribution < -0.4 is 11.5 Å². The largest absolute Gasteiger partial charge is 0.481 e. The molecule has 4 nitrogen and oxygen atoms in total. The van der Waals surface area contributed by atoms with E-state index in [1.165, 1.54) is 0 Å². The molecule has 3 atom stereocenters. The summed E-state index contributed by atoms with van der Waals surface area (Å²) in [5.41, 5.74) is 11.2. The van der Waals surface area contributed by atoms with Gasteiger partial charge in [-0.05, 0) is 19.3 Å². The van der Waals surface area contributed by atoms with Crippen LogP contribution in [0.25, 0.3) is 0 Å². The van der Waals surface area contributed by atoms with Crippen molar-refractivity contribution in [3.63, 3.8) is 0 Å². The monoisotopic (exact) mass is 158 g/mol. The Morgan fingerprint density at radius 3 is 2.36 bits per heavy atom. The first kappa shape index (κ1) is 8.49. The van der Waals surface area contributed by atoms with Crippen molar-refractivity contribution in [2.24, 2.45) is 17.4 Å². The summed E-state index contributed by atoms with van der Waals surface area (Å²) in [6.45, 7) is 0. The zero-order valence-electron chi connectivity index (χ0n) is 6.36. The lowest BCUT2D eigenvalue weighted by atomic mass is 9.83. The second-order valence-corrected chi connectivity index (χ2v) is 3.18. The van der Waals surface area contributed by atoms with Gasteiger partial charge in [0.15, 0.2) is 0 Å². The number of carbonyl (C=O) groups is 1. The van der Waals surface area contributed by atoms with E-state index < -0.39 is 5.97 Å². The Labute approximate surface area is 65.6 Å². The molecule has 1 aliphatic rings. The minimum absolute atomic E-state index is 0.00870. The smallest absolute Gasteiger partial charge is 0.306 e. The van der Waals surface area contributed by atoms with E-state index in [2.05, 4.69) is 0 Å². The molecule has 0 aromatic rings. The highest BCUT2D eigenvalue weighted by molar-refractivity contribution is 5.70. The second-order valence-electron chi connectivity index (χ2n) is 3.18. The van der Waals surface area contributed by atoms with Crippen molar-refractivity contribution in [3.8, 4) is 0 Å². The summed E-state index contributed by atoms with van der Waals surface area (Å²) in [5.74, 6) is -1.02. The predicted molar refractivity (Wildman–Crippen MR) is 40.9 cm³/mol. The quantitative estimate of drug-likeness (QED) is 0.481. The highest BCUT2D eigenvalue weighted by atomic mass is 16.4. The predicted octanol–water partition coefficient (Wildman–Crippen LogP) is -0.474. The molecule has 0 radical (unpaired) electrons. The molecule has 0 aromatic carbocycles.